The van der Waals surface area contributed by atoms with Gasteiger partial charge in [-0.25, -0.2) is 0 Å². The lowest BCUT2D eigenvalue weighted by Crippen LogP contribution is -2.25. The third kappa shape index (κ3) is 3.49. The van der Waals surface area contributed by atoms with Gasteiger partial charge in [-0.1, -0.05) is 29.8 Å². The number of para-hydroxylation sites is 1. The summed E-state index contributed by atoms with van der Waals surface area (Å²) >= 11 is 6.05. The summed E-state index contributed by atoms with van der Waals surface area (Å²) in [6, 6.07) is 12.8. The second kappa shape index (κ2) is 6.37. The summed E-state index contributed by atoms with van der Waals surface area (Å²) in [5, 5.41) is 11.5. The minimum absolute atomic E-state index is 0.372. The van der Waals surface area contributed by atoms with Gasteiger partial charge in [0.2, 0.25) is 0 Å². The molecule has 0 aliphatic heterocycles. The molecule has 2 rings (SSSR count). The highest BCUT2D eigenvalue weighted by atomic mass is 35.5. The molecule has 1 atom stereocenters. The van der Waals surface area contributed by atoms with Crippen LogP contribution in [0.5, 0.6) is 11.5 Å². The van der Waals surface area contributed by atoms with Gasteiger partial charge in [-0.3, -0.25) is 0 Å². The van der Waals surface area contributed by atoms with E-state index in [2.05, 4.69) is 0 Å². The Balaban J connectivity index is 2.39. The molecule has 3 nitrogen and oxygen atoms in total. The third-order valence-electron chi connectivity index (χ3n) is 3.46. The van der Waals surface area contributed by atoms with Gasteiger partial charge >= 0.3 is 0 Å². The van der Waals surface area contributed by atoms with Gasteiger partial charge in [0, 0.05) is 17.0 Å². The normalized spacial score (nSPS) is 13.6. The van der Waals surface area contributed by atoms with Gasteiger partial charge in [-0.05, 0) is 36.8 Å². The van der Waals surface area contributed by atoms with Crippen LogP contribution >= 0.6 is 11.6 Å². The van der Waals surface area contributed by atoms with E-state index >= 15 is 0 Å². The minimum Gasteiger partial charge on any atom is -0.496 e. The molecule has 0 aliphatic carbocycles. The first-order chi connectivity index (χ1) is 9.97. The molecule has 0 bridgehead atoms. The molecule has 112 valence electrons. The standard InChI is InChI=1S/C17H19ClO3/c1-17(19,14-6-4-5-7-16(14)21-3)11-12-10-13(18)8-9-15(12)20-2/h4-10,19H,11H2,1-3H3. The summed E-state index contributed by atoms with van der Waals surface area (Å²) in [5.74, 6) is 1.36. The number of benzene rings is 2. The Hall–Kier alpha value is -1.71. The molecule has 0 heterocycles. The second-order valence-electron chi connectivity index (χ2n) is 5.11. The first kappa shape index (κ1) is 15.7. The lowest BCUT2D eigenvalue weighted by molar-refractivity contribution is 0.0543. The number of ether oxygens (including phenoxy) is 2. The van der Waals surface area contributed by atoms with Crippen LogP contribution in [-0.2, 0) is 12.0 Å². The van der Waals surface area contributed by atoms with Gasteiger partial charge in [0.1, 0.15) is 11.5 Å². The molecule has 2 aromatic rings. The van der Waals surface area contributed by atoms with Gasteiger partial charge in [-0.2, -0.15) is 0 Å². The molecule has 0 saturated heterocycles. The van der Waals surface area contributed by atoms with Crippen molar-refractivity contribution in [3.63, 3.8) is 0 Å². The van der Waals surface area contributed by atoms with Crippen molar-refractivity contribution < 1.29 is 14.6 Å². The van der Waals surface area contributed by atoms with Crippen molar-refractivity contribution in [3.05, 3.63) is 58.6 Å². The van der Waals surface area contributed by atoms with E-state index in [0.717, 1.165) is 11.1 Å². The number of rotatable bonds is 5. The molecule has 0 spiro atoms. The van der Waals surface area contributed by atoms with Crippen LogP contribution in [0.4, 0.5) is 0 Å². The number of methoxy groups -OCH3 is 2. The Labute approximate surface area is 130 Å². The van der Waals surface area contributed by atoms with Crippen molar-refractivity contribution in [2.75, 3.05) is 14.2 Å². The average Bonchev–Trinajstić information content (AvgIpc) is 2.47. The van der Waals surface area contributed by atoms with E-state index in [1.165, 1.54) is 0 Å². The zero-order valence-electron chi connectivity index (χ0n) is 12.4. The topological polar surface area (TPSA) is 38.7 Å². The predicted molar refractivity (Wildman–Crippen MR) is 84.3 cm³/mol. The van der Waals surface area contributed by atoms with Gasteiger partial charge in [0.25, 0.3) is 0 Å². The Morgan fingerprint density at radius 2 is 1.71 bits per heavy atom. The van der Waals surface area contributed by atoms with E-state index < -0.39 is 5.60 Å². The fourth-order valence-corrected chi connectivity index (χ4v) is 2.64. The Kier molecular flexibility index (Phi) is 4.76. The fraction of sp³-hybridized carbons (Fsp3) is 0.294. The number of hydrogen-bond acceptors (Lipinski definition) is 3. The van der Waals surface area contributed by atoms with Crippen molar-refractivity contribution in [1.82, 2.24) is 0 Å². The van der Waals surface area contributed by atoms with E-state index in [1.807, 2.05) is 30.3 Å². The molecule has 0 saturated carbocycles. The lowest BCUT2D eigenvalue weighted by Gasteiger charge is -2.26. The van der Waals surface area contributed by atoms with E-state index in [0.29, 0.717) is 22.9 Å². The van der Waals surface area contributed by atoms with Crippen LogP contribution in [-0.4, -0.2) is 19.3 Å². The van der Waals surface area contributed by atoms with Gasteiger partial charge in [-0.15, -0.1) is 0 Å². The summed E-state index contributed by atoms with van der Waals surface area (Å²) in [4.78, 5) is 0. The van der Waals surface area contributed by atoms with E-state index in [-0.39, 0.29) is 0 Å². The van der Waals surface area contributed by atoms with E-state index in [9.17, 15) is 5.11 Å². The van der Waals surface area contributed by atoms with Crippen molar-refractivity contribution in [1.29, 1.82) is 0 Å². The van der Waals surface area contributed by atoms with E-state index in [1.54, 1.807) is 33.3 Å². The Bertz CT molecular complexity index is 623. The first-order valence-corrected chi connectivity index (χ1v) is 7.04. The Morgan fingerprint density at radius 1 is 1.05 bits per heavy atom. The molecule has 1 unspecified atom stereocenters. The maximum Gasteiger partial charge on any atom is 0.124 e. The Morgan fingerprint density at radius 3 is 2.38 bits per heavy atom. The van der Waals surface area contributed by atoms with Crippen molar-refractivity contribution in [3.8, 4) is 11.5 Å². The summed E-state index contributed by atoms with van der Waals surface area (Å²) in [6.45, 7) is 1.76. The average molecular weight is 307 g/mol. The molecule has 4 heteroatoms. The quantitative estimate of drug-likeness (QED) is 0.913. The highest BCUT2D eigenvalue weighted by Crippen LogP contribution is 2.35. The largest absolute Gasteiger partial charge is 0.496 e. The first-order valence-electron chi connectivity index (χ1n) is 6.66. The summed E-state index contributed by atoms with van der Waals surface area (Å²) in [6.07, 6.45) is 0.372. The maximum absolute atomic E-state index is 10.9. The van der Waals surface area contributed by atoms with Crippen LogP contribution < -0.4 is 9.47 Å². The SMILES string of the molecule is COc1ccc(Cl)cc1CC(C)(O)c1ccccc1OC. The molecule has 0 aromatic heterocycles. The lowest BCUT2D eigenvalue weighted by atomic mass is 9.88. The van der Waals surface area contributed by atoms with Crippen LogP contribution in [0.1, 0.15) is 18.1 Å². The molecule has 0 aliphatic rings. The van der Waals surface area contributed by atoms with Crippen LogP contribution in [0, 0.1) is 0 Å². The van der Waals surface area contributed by atoms with Gasteiger partial charge in [0.05, 0.1) is 19.8 Å². The zero-order valence-corrected chi connectivity index (χ0v) is 13.1. The van der Waals surface area contributed by atoms with Crippen molar-refractivity contribution in [2.24, 2.45) is 0 Å². The molecule has 1 N–H and O–H groups in total. The molecule has 21 heavy (non-hydrogen) atoms. The summed E-state index contributed by atoms with van der Waals surface area (Å²) in [5.41, 5.74) is 0.486. The van der Waals surface area contributed by atoms with Crippen LogP contribution in [0.3, 0.4) is 0 Å². The molecule has 2 aromatic carbocycles. The van der Waals surface area contributed by atoms with Gasteiger partial charge in [0.15, 0.2) is 0 Å². The number of halogens is 1. The molecular formula is C17H19ClO3. The van der Waals surface area contributed by atoms with Crippen LogP contribution in [0.2, 0.25) is 5.02 Å². The molecular weight excluding hydrogens is 288 g/mol. The number of hydrogen-bond donors (Lipinski definition) is 1. The van der Waals surface area contributed by atoms with E-state index in [4.69, 9.17) is 21.1 Å². The smallest absolute Gasteiger partial charge is 0.124 e. The van der Waals surface area contributed by atoms with Crippen molar-refractivity contribution >= 4 is 11.6 Å². The molecule has 0 fully saturated rings. The number of aliphatic hydroxyl groups is 1. The zero-order chi connectivity index (χ0) is 15.5. The predicted octanol–water partition coefficient (Wildman–Crippen LogP) is 3.81. The van der Waals surface area contributed by atoms with Crippen LogP contribution in [0.25, 0.3) is 0 Å². The third-order valence-corrected chi connectivity index (χ3v) is 3.70. The van der Waals surface area contributed by atoms with Crippen molar-refractivity contribution in [2.45, 2.75) is 18.9 Å². The second-order valence-corrected chi connectivity index (χ2v) is 5.54. The summed E-state index contributed by atoms with van der Waals surface area (Å²) in [7, 11) is 3.19. The highest BCUT2D eigenvalue weighted by Gasteiger charge is 2.28. The van der Waals surface area contributed by atoms with Crippen LogP contribution in [0.15, 0.2) is 42.5 Å². The highest BCUT2D eigenvalue weighted by molar-refractivity contribution is 6.30. The monoisotopic (exact) mass is 306 g/mol. The fourth-order valence-electron chi connectivity index (χ4n) is 2.44. The maximum atomic E-state index is 10.9. The minimum atomic E-state index is -1.09. The molecule has 0 amide bonds. The molecule has 0 radical (unpaired) electrons. The van der Waals surface area contributed by atoms with Gasteiger partial charge < -0.3 is 14.6 Å². The summed E-state index contributed by atoms with van der Waals surface area (Å²) < 4.78 is 10.7.